The fourth-order valence-electron chi connectivity index (χ4n) is 6.28. The van der Waals surface area contributed by atoms with E-state index in [1.54, 1.807) is 26.8 Å². The van der Waals surface area contributed by atoms with Crippen LogP contribution in [-0.2, 0) is 38.5 Å². The van der Waals surface area contributed by atoms with E-state index in [0.717, 1.165) is 65.8 Å². The summed E-state index contributed by atoms with van der Waals surface area (Å²) in [5.41, 5.74) is 3.12. The zero-order valence-electron chi connectivity index (χ0n) is 31.0. The highest BCUT2D eigenvalue weighted by atomic mass is 32.1. The largest absolute Gasteiger partial charge is 0.444 e. The number of anilines is 1. The number of carbonyl (C=O) groups is 2. The second kappa shape index (κ2) is 18.2. The maximum absolute atomic E-state index is 13.0. The lowest BCUT2D eigenvalue weighted by Gasteiger charge is -2.33. The number of alkyl carbamates (subject to hydrolysis) is 1. The van der Waals surface area contributed by atoms with Crippen LogP contribution in [0.3, 0.4) is 0 Å². The lowest BCUT2D eigenvalue weighted by molar-refractivity contribution is -0.127. The Bertz CT molecular complexity index is 1940. The first kappa shape index (κ1) is 40.7. The van der Waals surface area contributed by atoms with Gasteiger partial charge in [0.15, 0.2) is 0 Å². The van der Waals surface area contributed by atoms with Gasteiger partial charge in [-0.3, -0.25) is 9.69 Å². The molecule has 1 fully saturated rings. The smallest absolute Gasteiger partial charge is 0.407 e. The minimum Gasteiger partial charge on any atom is -0.444 e. The number of piperidine rings is 1. The van der Waals surface area contributed by atoms with Crippen molar-refractivity contribution in [2.24, 2.45) is 0 Å². The Morgan fingerprint density at radius 1 is 1.02 bits per heavy atom. The zero-order chi connectivity index (χ0) is 38.9. The van der Waals surface area contributed by atoms with E-state index in [2.05, 4.69) is 49.9 Å². The van der Waals surface area contributed by atoms with Crippen LogP contribution in [0.25, 0.3) is 21.1 Å². The van der Waals surface area contributed by atoms with Crippen molar-refractivity contribution in [2.45, 2.75) is 77.9 Å². The second-order valence-electron chi connectivity index (χ2n) is 14.2. The van der Waals surface area contributed by atoms with Crippen molar-refractivity contribution in [1.29, 1.82) is 5.26 Å². The van der Waals surface area contributed by atoms with Crippen LogP contribution in [0.2, 0.25) is 0 Å². The molecule has 0 aliphatic carbocycles. The first-order valence-corrected chi connectivity index (χ1v) is 18.7. The number of hydrogen-bond acceptors (Lipinski definition) is 11. The van der Waals surface area contributed by atoms with Gasteiger partial charge in [-0.05, 0) is 69.9 Å². The fraction of sp³-hybridized carbons (Fsp3) is 0.541. The first-order valence-electron chi connectivity index (χ1n) is 17.9. The predicted octanol–water partition coefficient (Wildman–Crippen LogP) is 5.68. The quantitative estimate of drug-likeness (QED) is 0.121. The lowest BCUT2D eigenvalue weighted by Crippen LogP contribution is -2.39. The molecular weight excluding hydrogens is 726 g/mol. The van der Waals surface area contributed by atoms with Crippen molar-refractivity contribution in [2.75, 3.05) is 57.9 Å². The van der Waals surface area contributed by atoms with Crippen molar-refractivity contribution in [3.63, 3.8) is 0 Å². The number of nitriles is 1. The molecule has 0 atom stereocenters. The molecule has 0 spiro atoms. The average molecular weight is 773 g/mol. The van der Waals surface area contributed by atoms with Crippen LogP contribution >= 0.6 is 11.3 Å². The molecule has 3 N–H and O–H groups in total. The highest BCUT2D eigenvalue weighted by Gasteiger charge is 2.29. The summed E-state index contributed by atoms with van der Waals surface area (Å²) in [6.07, 6.45) is -2.68. The number of fused-ring (bicyclic) bond motifs is 2. The molecule has 5 rings (SSSR count). The number of benzene rings is 1. The van der Waals surface area contributed by atoms with Gasteiger partial charge in [-0.2, -0.15) is 18.4 Å². The summed E-state index contributed by atoms with van der Waals surface area (Å²) in [5.74, 6) is 0.292. The molecule has 1 aliphatic heterocycles. The van der Waals surface area contributed by atoms with E-state index >= 15 is 0 Å². The normalized spacial score (nSPS) is 14.3. The van der Waals surface area contributed by atoms with E-state index in [1.165, 1.54) is 6.33 Å². The third kappa shape index (κ3) is 11.7. The molecule has 1 saturated heterocycles. The summed E-state index contributed by atoms with van der Waals surface area (Å²) in [4.78, 5) is 35.6. The third-order valence-corrected chi connectivity index (χ3v) is 9.88. The Morgan fingerprint density at radius 2 is 1.78 bits per heavy atom. The number of hydrogen-bond donors (Lipinski definition) is 3. The number of alkyl halides is 3. The second-order valence-corrected chi connectivity index (χ2v) is 15.3. The molecule has 3 aromatic heterocycles. The molecule has 0 radical (unpaired) electrons. The molecule has 17 heteroatoms. The Morgan fingerprint density at radius 3 is 2.50 bits per heavy atom. The summed E-state index contributed by atoms with van der Waals surface area (Å²) in [6.45, 7) is 11.5. The van der Waals surface area contributed by atoms with E-state index in [4.69, 9.17) is 14.2 Å². The molecule has 4 heterocycles. The molecule has 4 aromatic rings. The van der Waals surface area contributed by atoms with E-state index in [1.807, 2.05) is 16.7 Å². The molecule has 2 amide bonds. The number of likely N-dealkylation sites (tertiary alicyclic amines) is 1. The molecule has 54 heavy (non-hydrogen) atoms. The molecule has 13 nitrogen and oxygen atoms in total. The van der Waals surface area contributed by atoms with E-state index < -0.39 is 24.3 Å². The van der Waals surface area contributed by atoms with Crippen molar-refractivity contribution < 1.29 is 37.0 Å². The van der Waals surface area contributed by atoms with Crippen LogP contribution in [0, 0.1) is 18.3 Å². The highest BCUT2D eigenvalue weighted by molar-refractivity contribution is 7.18. The SMILES string of the molecule is Cc1c(CN2CCC(Nc3ncnc4sc(CC(F)(F)F)cc34)CC2)ccc2c1cc(C#N)n2CCNC(=O)COCCOCCNC(=O)OC(C)(C)C. The highest BCUT2D eigenvalue weighted by Crippen LogP contribution is 2.33. The number of aryl methyl sites for hydroxylation is 1. The van der Waals surface area contributed by atoms with Crippen molar-refractivity contribution in [3.05, 3.63) is 52.3 Å². The van der Waals surface area contributed by atoms with Gasteiger partial charge >= 0.3 is 12.3 Å². The maximum Gasteiger partial charge on any atom is 0.407 e. The lowest BCUT2D eigenvalue weighted by atomic mass is 10.0. The maximum atomic E-state index is 13.0. The van der Waals surface area contributed by atoms with Crippen molar-refractivity contribution in [3.8, 4) is 6.07 Å². The van der Waals surface area contributed by atoms with E-state index in [-0.39, 0.29) is 43.3 Å². The van der Waals surface area contributed by atoms with Gasteiger partial charge in [-0.1, -0.05) is 6.07 Å². The number of ether oxygens (including phenoxy) is 3. The van der Waals surface area contributed by atoms with Gasteiger partial charge in [-0.15, -0.1) is 11.3 Å². The van der Waals surface area contributed by atoms with Crippen LogP contribution in [0.5, 0.6) is 0 Å². The summed E-state index contributed by atoms with van der Waals surface area (Å²) in [5, 5.41) is 20.4. The number of rotatable bonds is 16. The van der Waals surface area contributed by atoms with E-state index in [0.29, 0.717) is 41.4 Å². The molecule has 0 unspecified atom stereocenters. The molecule has 1 aliphatic rings. The van der Waals surface area contributed by atoms with Gasteiger partial charge in [0.1, 0.15) is 40.9 Å². The van der Waals surface area contributed by atoms with Crippen LogP contribution < -0.4 is 16.0 Å². The molecular formula is C37H47F3N8O5S. The fourth-order valence-corrected chi connectivity index (χ4v) is 7.31. The Balaban J connectivity index is 1.04. The monoisotopic (exact) mass is 772 g/mol. The van der Waals surface area contributed by atoms with Gasteiger partial charge in [-0.25, -0.2) is 14.8 Å². The number of nitrogens with one attached hydrogen (secondary N) is 3. The van der Waals surface area contributed by atoms with Gasteiger partial charge in [0.05, 0.1) is 31.6 Å². The minimum atomic E-state index is -4.28. The number of aromatic nitrogens is 3. The Hall–Kier alpha value is -4.50. The summed E-state index contributed by atoms with van der Waals surface area (Å²) in [6, 6.07) is 9.97. The summed E-state index contributed by atoms with van der Waals surface area (Å²) in [7, 11) is 0. The average Bonchev–Trinajstić information content (AvgIpc) is 3.67. The van der Waals surface area contributed by atoms with Gasteiger partial charge < -0.3 is 34.7 Å². The van der Waals surface area contributed by atoms with Gasteiger partial charge in [0.2, 0.25) is 5.91 Å². The Kier molecular flexibility index (Phi) is 13.7. The Labute approximate surface area is 316 Å². The standard InChI is InChI=1S/C37H47F3N8O5S/c1-24-25(21-47-11-7-26(8-12-47)46-33-30-18-28(19-37(38,39)40)54-34(30)45-23-44-33)5-6-31-29(24)17-27(20-41)48(31)13-9-42-32(49)22-52-16-15-51-14-10-43-35(50)53-36(2,3)4/h5-6,17-18,23,26H,7-16,19,21-22H2,1-4H3,(H,42,49)(H,43,50)(H,44,45,46). The molecule has 0 saturated carbocycles. The number of nitrogens with zero attached hydrogens (tertiary/aromatic N) is 5. The topological polar surface area (TPSA) is 156 Å². The number of halogens is 3. The van der Waals surface area contributed by atoms with Gasteiger partial charge in [0.25, 0.3) is 0 Å². The van der Waals surface area contributed by atoms with Gasteiger partial charge in [0, 0.05) is 61.1 Å². The zero-order valence-corrected chi connectivity index (χ0v) is 31.8. The molecule has 0 bridgehead atoms. The minimum absolute atomic E-state index is 0.127. The van der Waals surface area contributed by atoms with Crippen LogP contribution in [0.15, 0.2) is 30.6 Å². The first-order chi connectivity index (χ1) is 25.7. The van der Waals surface area contributed by atoms with Crippen LogP contribution in [0.1, 0.15) is 55.3 Å². The van der Waals surface area contributed by atoms with E-state index in [9.17, 15) is 28.0 Å². The number of carbonyl (C=O) groups excluding carboxylic acids is 2. The number of amides is 2. The van der Waals surface area contributed by atoms with Crippen LogP contribution in [-0.4, -0.2) is 102 Å². The summed E-state index contributed by atoms with van der Waals surface area (Å²) >= 11 is 1.05. The number of thiophene rings is 1. The predicted molar refractivity (Wildman–Crippen MR) is 199 cm³/mol. The van der Waals surface area contributed by atoms with Crippen molar-refractivity contribution in [1.82, 2.24) is 30.1 Å². The molecule has 292 valence electrons. The summed E-state index contributed by atoms with van der Waals surface area (Å²) < 4.78 is 56.7. The molecule has 1 aromatic carbocycles. The third-order valence-electron chi connectivity index (χ3n) is 8.84. The van der Waals surface area contributed by atoms with Crippen LogP contribution in [0.4, 0.5) is 23.8 Å². The van der Waals surface area contributed by atoms with Crippen molar-refractivity contribution >= 4 is 50.3 Å².